The summed E-state index contributed by atoms with van der Waals surface area (Å²) in [6.07, 6.45) is 0.594. The Hall–Kier alpha value is -2.80. The molecule has 27 heavy (non-hydrogen) atoms. The predicted molar refractivity (Wildman–Crippen MR) is 106 cm³/mol. The molecule has 0 fully saturated rings. The van der Waals surface area contributed by atoms with Crippen molar-refractivity contribution in [2.45, 2.75) is 6.42 Å². The van der Waals surface area contributed by atoms with Crippen LogP contribution < -0.4 is 20.4 Å². The van der Waals surface area contributed by atoms with Crippen LogP contribution >= 0.6 is 15.9 Å². The van der Waals surface area contributed by atoms with Gasteiger partial charge in [-0.15, -0.1) is 0 Å². The lowest BCUT2D eigenvalue weighted by molar-refractivity contribution is 0.0922. The number of hydrogen-bond donors (Lipinski definition) is 1. The minimum absolute atomic E-state index is 0.0119. The topological polar surface area (TPSA) is 77.8 Å². The van der Waals surface area contributed by atoms with Gasteiger partial charge in [0.05, 0.1) is 19.6 Å². The van der Waals surface area contributed by atoms with E-state index in [9.17, 15) is 9.59 Å². The number of hydrogen-bond acceptors (Lipinski definition) is 5. The summed E-state index contributed by atoms with van der Waals surface area (Å²) in [6.45, 7) is 0.385. The molecule has 6 nitrogen and oxygen atoms in total. The van der Waals surface area contributed by atoms with Crippen LogP contribution in [0.2, 0.25) is 0 Å². The van der Waals surface area contributed by atoms with Crippen molar-refractivity contribution in [1.29, 1.82) is 0 Å². The summed E-state index contributed by atoms with van der Waals surface area (Å²) in [5.41, 5.74) is 0.441. The van der Waals surface area contributed by atoms with Crippen molar-refractivity contribution >= 4 is 32.6 Å². The first-order chi connectivity index (χ1) is 13.0. The maximum atomic E-state index is 12.3. The van der Waals surface area contributed by atoms with E-state index in [-0.39, 0.29) is 5.76 Å². The molecule has 0 bridgehead atoms. The van der Waals surface area contributed by atoms with Gasteiger partial charge >= 0.3 is 5.63 Å². The molecule has 0 saturated heterocycles. The van der Waals surface area contributed by atoms with Crippen LogP contribution in [-0.2, 0) is 6.42 Å². The molecule has 0 saturated carbocycles. The zero-order chi connectivity index (χ0) is 19.4. The van der Waals surface area contributed by atoms with Crippen LogP contribution in [0.3, 0.4) is 0 Å². The third-order valence-corrected chi connectivity index (χ3v) is 4.59. The van der Waals surface area contributed by atoms with Gasteiger partial charge in [-0.25, -0.2) is 4.79 Å². The molecule has 1 amide bonds. The van der Waals surface area contributed by atoms with E-state index in [2.05, 4.69) is 21.2 Å². The molecule has 2 aromatic carbocycles. The molecule has 140 valence electrons. The second-order valence-corrected chi connectivity index (χ2v) is 6.74. The van der Waals surface area contributed by atoms with Crippen molar-refractivity contribution in [2.75, 3.05) is 20.8 Å². The number of halogens is 1. The van der Waals surface area contributed by atoms with Crippen LogP contribution in [0.25, 0.3) is 10.8 Å². The van der Waals surface area contributed by atoms with E-state index in [1.54, 1.807) is 38.5 Å². The molecule has 0 aliphatic heterocycles. The van der Waals surface area contributed by atoms with E-state index in [0.717, 1.165) is 10.0 Å². The van der Waals surface area contributed by atoms with Gasteiger partial charge in [-0.1, -0.05) is 28.1 Å². The molecular weight excluding hydrogens is 414 g/mol. The monoisotopic (exact) mass is 431 g/mol. The first kappa shape index (κ1) is 19.0. The van der Waals surface area contributed by atoms with E-state index in [1.165, 1.54) is 0 Å². The molecule has 0 aliphatic carbocycles. The Labute approximate surface area is 164 Å². The molecule has 3 rings (SSSR count). The Morgan fingerprint density at radius 2 is 1.85 bits per heavy atom. The van der Waals surface area contributed by atoms with Crippen LogP contribution in [0.5, 0.6) is 11.5 Å². The summed E-state index contributed by atoms with van der Waals surface area (Å²) < 4.78 is 16.4. The molecule has 1 N–H and O–H groups in total. The third-order valence-electron chi connectivity index (χ3n) is 4.10. The van der Waals surface area contributed by atoms with Gasteiger partial charge in [0.2, 0.25) is 0 Å². The van der Waals surface area contributed by atoms with Gasteiger partial charge < -0.3 is 19.2 Å². The molecular formula is C20H18BrNO5. The molecule has 0 unspecified atom stereocenters. The van der Waals surface area contributed by atoms with Gasteiger partial charge in [0.25, 0.3) is 5.91 Å². The van der Waals surface area contributed by atoms with Crippen molar-refractivity contribution in [3.05, 3.63) is 68.7 Å². The number of amides is 1. The number of ether oxygens (including phenoxy) is 2. The van der Waals surface area contributed by atoms with E-state index in [4.69, 9.17) is 13.9 Å². The Kier molecular flexibility index (Phi) is 5.81. The highest BCUT2D eigenvalue weighted by Gasteiger charge is 2.12. The summed E-state index contributed by atoms with van der Waals surface area (Å²) in [6, 6.07) is 12.4. The van der Waals surface area contributed by atoms with E-state index < -0.39 is 11.5 Å². The number of methoxy groups -OCH3 is 2. The number of nitrogens with one attached hydrogen (secondary N) is 1. The van der Waals surface area contributed by atoms with Crippen molar-refractivity contribution in [3.8, 4) is 11.5 Å². The first-order valence-corrected chi connectivity index (χ1v) is 9.03. The van der Waals surface area contributed by atoms with Crippen molar-refractivity contribution in [1.82, 2.24) is 5.32 Å². The first-order valence-electron chi connectivity index (χ1n) is 8.24. The van der Waals surface area contributed by atoms with Crippen LogP contribution in [0, 0.1) is 0 Å². The number of carbonyl (C=O) groups excluding carboxylic acids is 1. The maximum absolute atomic E-state index is 12.3. The number of fused-ring (bicyclic) bond motifs is 1. The summed E-state index contributed by atoms with van der Waals surface area (Å²) >= 11 is 3.31. The second kappa shape index (κ2) is 8.26. The number of carbonyl (C=O) groups is 1. The van der Waals surface area contributed by atoms with E-state index >= 15 is 0 Å². The molecule has 0 spiro atoms. The molecule has 3 aromatic rings. The molecule has 7 heteroatoms. The summed E-state index contributed by atoms with van der Waals surface area (Å²) in [5, 5.41) is 3.84. The zero-order valence-corrected chi connectivity index (χ0v) is 16.5. The largest absolute Gasteiger partial charge is 0.493 e. The van der Waals surface area contributed by atoms with Gasteiger partial charge in [0, 0.05) is 11.0 Å². The van der Waals surface area contributed by atoms with Gasteiger partial charge in [-0.05, 0) is 47.7 Å². The lowest BCUT2D eigenvalue weighted by Crippen LogP contribution is -2.26. The highest BCUT2D eigenvalue weighted by atomic mass is 79.9. The average Bonchev–Trinajstić information content (AvgIpc) is 2.68. The van der Waals surface area contributed by atoms with Gasteiger partial charge in [0.1, 0.15) is 0 Å². The van der Waals surface area contributed by atoms with Crippen molar-refractivity contribution < 1.29 is 18.7 Å². The number of benzene rings is 2. The molecule has 1 heterocycles. The smallest absolute Gasteiger partial charge is 0.344 e. The van der Waals surface area contributed by atoms with Crippen molar-refractivity contribution in [3.63, 3.8) is 0 Å². The maximum Gasteiger partial charge on any atom is 0.344 e. The number of rotatable bonds is 6. The van der Waals surface area contributed by atoms with Crippen LogP contribution in [-0.4, -0.2) is 26.7 Å². The summed E-state index contributed by atoms with van der Waals surface area (Å²) in [7, 11) is 3.15. The minimum atomic E-state index is -0.543. The lowest BCUT2D eigenvalue weighted by atomic mass is 10.1. The Balaban J connectivity index is 1.68. The highest BCUT2D eigenvalue weighted by molar-refractivity contribution is 9.10. The Morgan fingerprint density at radius 1 is 1.07 bits per heavy atom. The zero-order valence-electron chi connectivity index (χ0n) is 14.9. The molecule has 1 aromatic heterocycles. The van der Waals surface area contributed by atoms with Crippen molar-refractivity contribution in [2.24, 2.45) is 0 Å². The van der Waals surface area contributed by atoms with Crippen LogP contribution in [0.1, 0.15) is 16.1 Å². The standard InChI is InChI=1S/C20H18BrNO5/c1-25-16-6-3-12(9-17(16)26-2)7-8-22-19(23)18-10-13-4-5-14(21)11-15(13)20(24)27-18/h3-6,9-11H,7-8H2,1-2H3,(H,22,23). The third kappa shape index (κ3) is 4.31. The fraction of sp³-hybridized carbons (Fsp3) is 0.200. The van der Waals surface area contributed by atoms with Crippen LogP contribution in [0.15, 0.2) is 56.1 Å². The summed E-state index contributed by atoms with van der Waals surface area (Å²) in [4.78, 5) is 24.4. The second-order valence-electron chi connectivity index (χ2n) is 5.82. The highest BCUT2D eigenvalue weighted by Crippen LogP contribution is 2.27. The Bertz CT molecular complexity index is 1040. The van der Waals surface area contributed by atoms with Gasteiger partial charge in [-0.3, -0.25) is 4.79 Å². The van der Waals surface area contributed by atoms with Gasteiger partial charge in [-0.2, -0.15) is 0 Å². The molecule has 0 atom stereocenters. The average molecular weight is 432 g/mol. The molecule has 0 radical (unpaired) electrons. The minimum Gasteiger partial charge on any atom is -0.493 e. The fourth-order valence-electron chi connectivity index (χ4n) is 2.71. The van der Waals surface area contributed by atoms with E-state index in [0.29, 0.717) is 35.2 Å². The lowest BCUT2D eigenvalue weighted by Gasteiger charge is -2.10. The van der Waals surface area contributed by atoms with Crippen LogP contribution in [0.4, 0.5) is 0 Å². The Morgan fingerprint density at radius 3 is 2.59 bits per heavy atom. The van der Waals surface area contributed by atoms with Gasteiger partial charge in [0.15, 0.2) is 17.3 Å². The summed E-state index contributed by atoms with van der Waals surface area (Å²) in [5.74, 6) is 0.836. The molecule has 0 aliphatic rings. The quantitative estimate of drug-likeness (QED) is 0.645. The SMILES string of the molecule is COc1ccc(CCNC(=O)c2cc3ccc(Br)cc3c(=O)o2)cc1OC. The fourth-order valence-corrected chi connectivity index (χ4v) is 3.07. The van der Waals surface area contributed by atoms with E-state index in [1.807, 2.05) is 18.2 Å². The predicted octanol–water partition coefficient (Wildman–Crippen LogP) is 3.55. The normalized spacial score (nSPS) is 10.6.